The van der Waals surface area contributed by atoms with Gasteiger partial charge in [-0.1, -0.05) is 23.7 Å². The standard InChI is InChI=1S/C15H12BrClO2S/c1-9-2-3-10(14(17)6-9)8-20-11-4-5-13(16)12(7-11)15(18)19/h2-7H,8H2,1H3,(H,18,19). The van der Waals surface area contributed by atoms with Crippen molar-refractivity contribution in [1.82, 2.24) is 0 Å². The molecule has 0 saturated heterocycles. The van der Waals surface area contributed by atoms with Crippen LogP contribution < -0.4 is 0 Å². The first kappa shape index (κ1) is 15.4. The minimum Gasteiger partial charge on any atom is -0.478 e. The maximum atomic E-state index is 11.1. The molecule has 0 saturated carbocycles. The van der Waals surface area contributed by atoms with E-state index in [1.807, 2.05) is 31.2 Å². The molecule has 0 amide bonds. The summed E-state index contributed by atoms with van der Waals surface area (Å²) in [5, 5.41) is 9.83. The molecule has 0 spiro atoms. The second kappa shape index (κ2) is 6.66. The predicted molar refractivity (Wildman–Crippen MR) is 86.9 cm³/mol. The van der Waals surface area contributed by atoms with Crippen LogP contribution in [-0.4, -0.2) is 11.1 Å². The van der Waals surface area contributed by atoms with E-state index in [9.17, 15) is 4.79 Å². The second-order valence-electron chi connectivity index (χ2n) is 4.33. The van der Waals surface area contributed by atoms with Crippen LogP contribution in [0.25, 0.3) is 0 Å². The van der Waals surface area contributed by atoms with E-state index in [1.165, 1.54) is 0 Å². The summed E-state index contributed by atoms with van der Waals surface area (Å²) < 4.78 is 0.586. The molecule has 0 aromatic heterocycles. The van der Waals surface area contributed by atoms with Gasteiger partial charge in [0.2, 0.25) is 0 Å². The second-order valence-corrected chi connectivity index (χ2v) is 6.64. The first-order valence-corrected chi connectivity index (χ1v) is 8.03. The number of thioether (sulfide) groups is 1. The fraction of sp³-hybridized carbons (Fsp3) is 0.133. The molecule has 0 heterocycles. The van der Waals surface area contributed by atoms with E-state index in [1.54, 1.807) is 23.9 Å². The molecule has 0 atom stereocenters. The lowest BCUT2D eigenvalue weighted by Gasteiger charge is -2.07. The number of hydrogen-bond donors (Lipinski definition) is 1. The van der Waals surface area contributed by atoms with Crippen LogP contribution in [0, 0.1) is 6.92 Å². The zero-order chi connectivity index (χ0) is 14.7. The van der Waals surface area contributed by atoms with Gasteiger partial charge in [0, 0.05) is 20.1 Å². The smallest absolute Gasteiger partial charge is 0.336 e. The average Bonchev–Trinajstić information content (AvgIpc) is 2.39. The Morgan fingerprint density at radius 1 is 1.30 bits per heavy atom. The van der Waals surface area contributed by atoms with E-state index in [2.05, 4.69) is 15.9 Å². The Bertz CT molecular complexity index is 658. The summed E-state index contributed by atoms with van der Waals surface area (Å²) in [6.07, 6.45) is 0. The lowest BCUT2D eigenvalue weighted by Crippen LogP contribution is -1.97. The number of aromatic carboxylic acids is 1. The van der Waals surface area contributed by atoms with Gasteiger partial charge in [-0.15, -0.1) is 11.8 Å². The highest BCUT2D eigenvalue weighted by molar-refractivity contribution is 9.10. The summed E-state index contributed by atoms with van der Waals surface area (Å²) in [5.74, 6) is -0.229. The molecular formula is C15H12BrClO2S. The Morgan fingerprint density at radius 2 is 2.05 bits per heavy atom. The summed E-state index contributed by atoms with van der Waals surface area (Å²) in [5.41, 5.74) is 2.44. The van der Waals surface area contributed by atoms with Crippen LogP contribution in [-0.2, 0) is 5.75 Å². The Hall–Kier alpha value is -0.970. The predicted octanol–water partition coefficient (Wildman–Crippen LogP) is 5.40. The van der Waals surface area contributed by atoms with Gasteiger partial charge in [0.05, 0.1) is 5.56 Å². The van der Waals surface area contributed by atoms with E-state index in [0.29, 0.717) is 10.2 Å². The van der Waals surface area contributed by atoms with Crippen molar-refractivity contribution in [3.05, 3.63) is 62.6 Å². The largest absolute Gasteiger partial charge is 0.478 e. The van der Waals surface area contributed by atoms with Crippen molar-refractivity contribution >= 4 is 45.3 Å². The highest BCUT2D eigenvalue weighted by Crippen LogP contribution is 2.30. The molecule has 20 heavy (non-hydrogen) atoms. The van der Waals surface area contributed by atoms with Gasteiger partial charge in [-0.3, -0.25) is 0 Å². The molecule has 0 aliphatic rings. The van der Waals surface area contributed by atoms with E-state index in [4.69, 9.17) is 16.7 Å². The topological polar surface area (TPSA) is 37.3 Å². The molecule has 0 fully saturated rings. The highest BCUT2D eigenvalue weighted by atomic mass is 79.9. The number of halogens is 2. The van der Waals surface area contributed by atoms with Crippen LogP contribution in [0.1, 0.15) is 21.5 Å². The van der Waals surface area contributed by atoms with Gasteiger partial charge in [-0.25, -0.2) is 4.79 Å². The van der Waals surface area contributed by atoms with Crippen LogP contribution >= 0.6 is 39.3 Å². The van der Waals surface area contributed by atoms with Gasteiger partial charge < -0.3 is 5.11 Å². The SMILES string of the molecule is Cc1ccc(CSc2ccc(Br)c(C(=O)O)c2)c(Cl)c1. The molecule has 0 bridgehead atoms. The highest BCUT2D eigenvalue weighted by Gasteiger charge is 2.10. The zero-order valence-electron chi connectivity index (χ0n) is 10.7. The minimum atomic E-state index is -0.937. The quantitative estimate of drug-likeness (QED) is 0.731. The fourth-order valence-corrected chi connectivity index (χ4v) is 3.43. The Labute approximate surface area is 135 Å². The molecule has 0 aliphatic carbocycles. The number of carbonyl (C=O) groups is 1. The summed E-state index contributed by atoms with van der Waals surface area (Å²) in [6, 6.07) is 11.3. The van der Waals surface area contributed by atoms with Crippen LogP contribution in [0.4, 0.5) is 0 Å². The van der Waals surface area contributed by atoms with Crippen molar-refractivity contribution in [3.8, 4) is 0 Å². The molecule has 2 rings (SSSR count). The van der Waals surface area contributed by atoms with Gasteiger partial charge >= 0.3 is 5.97 Å². The third-order valence-corrected chi connectivity index (χ3v) is 4.86. The van der Waals surface area contributed by atoms with Crippen molar-refractivity contribution < 1.29 is 9.90 Å². The van der Waals surface area contributed by atoms with E-state index >= 15 is 0 Å². The lowest BCUT2D eigenvalue weighted by molar-refractivity contribution is 0.0695. The van der Waals surface area contributed by atoms with E-state index in [0.717, 1.165) is 21.0 Å². The molecule has 2 nitrogen and oxygen atoms in total. The number of rotatable bonds is 4. The molecule has 104 valence electrons. The summed E-state index contributed by atoms with van der Waals surface area (Å²) >= 11 is 11.0. The molecular weight excluding hydrogens is 360 g/mol. The first-order valence-electron chi connectivity index (χ1n) is 5.88. The number of carboxylic acid groups (broad SMARTS) is 1. The Kier molecular flexibility index (Phi) is 5.13. The number of hydrogen-bond acceptors (Lipinski definition) is 2. The molecule has 0 aliphatic heterocycles. The third kappa shape index (κ3) is 3.78. The molecule has 0 radical (unpaired) electrons. The minimum absolute atomic E-state index is 0.269. The van der Waals surface area contributed by atoms with Crippen LogP contribution in [0.2, 0.25) is 5.02 Å². The zero-order valence-corrected chi connectivity index (χ0v) is 13.8. The molecule has 1 N–H and O–H groups in total. The van der Waals surface area contributed by atoms with Crippen molar-refractivity contribution in [3.63, 3.8) is 0 Å². The Morgan fingerprint density at radius 3 is 2.70 bits per heavy atom. The maximum Gasteiger partial charge on any atom is 0.336 e. The maximum absolute atomic E-state index is 11.1. The van der Waals surface area contributed by atoms with Gasteiger partial charge in [-0.05, 0) is 58.2 Å². The summed E-state index contributed by atoms with van der Waals surface area (Å²) in [6.45, 7) is 2.00. The van der Waals surface area contributed by atoms with Gasteiger partial charge in [0.25, 0.3) is 0 Å². The van der Waals surface area contributed by atoms with Crippen LogP contribution in [0.3, 0.4) is 0 Å². The number of carboxylic acids is 1. The van der Waals surface area contributed by atoms with Gasteiger partial charge in [0.1, 0.15) is 0 Å². The van der Waals surface area contributed by atoms with E-state index in [-0.39, 0.29) is 5.56 Å². The van der Waals surface area contributed by atoms with Crippen molar-refractivity contribution in [2.45, 2.75) is 17.6 Å². The lowest BCUT2D eigenvalue weighted by atomic mass is 10.2. The van der Waals surface area contributed by atoms with Crippen molar-refractivity contribution in [2.75, 3.05) is 0 Å². The molecule has 2 aromatic rings. The van der Waals surface area contributed by atoms with E-state index < -0.39 is 5.97 Å². The van der Waals surface area contributed by atoms with Crippen LogP contribution in [0.15, 0.2) is 45.8 Å². The van der Waals surface area contributed by atoms with Gasteiger partial charge in [-0.2, -0.15) is 0 Å². The molecule has 5 heteroatoms. The van der Waals surface area contributed by atoms with Crippen molar-refractivity contribution in [1.29, 1.82) is 0 Å². The molecule has 2 aromatic carbocycles. The number of aryl methyl sites for hydroxylation is 1. The van der Waals surface area contributed by atoms with Crippen LogP contribution in [0.5, 0.6) is 0 Å². The normalized spacial score (nSPS) is 10.6. The third-order valence-electron chi connectivity index (χ3n) is 2.77. The summed E-state index contributed by atoms with van der Waals surface area (Å²) in [7, 11) is 0. The fourth-order valence-electron chi connectivity index (χ4n) is 1.69. The first-order chi connectivity index (χ1) is 9.47. The Balaban J connectivity index is 2.15. The molecule has 0 unspecified atom stereocenters. The average molecular weight is 372 g/mol. The van der Waals surface area contributed by atoms with Crippen molar-refractivity contribution in [2.24, 2.45) is 0 Å². The van der Waals surface area contributed by atoms with Gasteiger partial charge in [0.15, 0.2) is 0 Å². The monoisotopic (exact) mass is 370 g/mol. The number of benzene rings is 2. The summed E-state index contributed by atoms with van der Waals surface area (Å²) in [4.78, 5) is 12.0.